The van der Waals surface area contributed by atoms with Gasteiger partial charge >= 0.3 is 5.69 Å². The van der Waals surface area contributed by atoms with Gasteiger partial charge in [0.05, 0.1) is 5.69 Å². The zero-order valence-corrected chi connectivity index (χ0v) is 9.92. The molecule has 2 rings (SSSR count). The van der Waals surface area contributed by atoms with Crippen molar-refractivity contribution in [2.24, 2.45) is 5.73 Å². The molecule has 4 heteroatoms. The monoisotopic (exact) mass is 221 g/mol. The number of aromatic amines is 1. The smallest absolute Gasteiger partial charge is 0.330 e. The number of rotatable bonds is 3. The lowest BCUT2D eigenvalue weighted by molar-refractivity contribution is 0.614. The van der Waals surface area contributed by atoms with E-state index in [9.17, 15) is 4.79 Å². The molecule has 3 N–H and O–H groups in total. The standard InChI is InChI=1S/C12H19N3O/c1-7(2)11-10-8(5-6-13)3-4-9(10)14-12(16)15-11/h7-8H,3-6,13H2,1-2H3,(H,14,15,16). The van der Waals surface area contributed by atoms with Crippen LogP contribution in [0.1, 0.15) is 55.5 Å². The summed E-state index contributed by atoms with van der Waals surface area (Å²) in [6, 6.07) is 0. The molecule has 1 aromatic rings. The molecule has 1 aliphatic rings. The maximum absolute atomic E-state index is 11.4. The Balaban J connectivity index is 2.50. The van der Waals surface area contributed by atoms with Gasteiger partial charge in [-0.25, -0.2) is 4.79 Å². The van der Waals surface area contributed by atoms with E-state index in [0.29, 0.717) is 18.4 Å². The minimum atomic E-state index is -0.212. The SMILES string of the molecule is CC(C)c1nc(=O)[nH]c2c1C(CCN)CC2. The fourth-order valence-corrected chi connectivity index (χ4v) is 2.59. The van der Waals surface area contributed by atoms with Gasteiger partial charge in [0, 0.05) is 5.69 Å². The minimum absolute atomic E-state index is 0.212. The van der Waals surface area contributed by atoms with Crippen molar-refractivity contribution in [1.29, 1.82) is 0 Å². The van der Waals surface area contributed by atoms with Crippen LogP contribution in [-0.2, 0) is 6.42 Å². The second-order valence-corrected chi connectivity index (χ2v) is 4.79. The van der Waals surface area contributed by atoms with E-state index in [0.717, 1.165) is 30.7 Å². The zero-order valence-electron chi connectivity index (χ0n) is 9.92. The third kappa shape index (κ3) is 1.89. The average molecular weight is 221 g/mol. The van der Waals surface area contributed by atoms with Crippen molar-refractivity contribution in [3.05, 3.63) is 27.4 Å². The van der Waals surface area contributed by atoms with Gasteiger partial charge in [-0.05, 0) is 43.2 Å². The lowest BCUT2D eigenvalue weighted by Gasteiger charge is -2.15. The Kier molecular flexibility index (Phi) is 3.10. The summed E-state index contributed by atoms with van der Waals surface area (Å²) in [6.45, 7) is 4.86. The first-order valence-corrected chi connectivity index (χ1v) is 5.96. The molecule has 4 nitrogen and oxygen atoms in total. The summed E-state index contributed by atoms with van der Waals surface area (Å²) in [4.78, 5) is 18.4. The number of hydrogen-bond acceptors (Lipinski definition) is 3. The Bertz CT molecular complexity index is 436. The van der Waals surface area contributed by atoms with Gasteiger partial charge in [0.15, 0.2) is 0 Å². The largest absolute Gasteiger partial charge is 0.345 e. The Morgan fingerprint density at radius 2 is 2.31 bits per heavy atom. The number of hydrogen-bond donors (Lipinski definition) is 2. The van der Waals surface area contributed by atoms with E-state index >= 15 is 0 Å². The molecular weight excluding hydrogens is 202 g/mol. The van der Waals surface area contributed by atoms with Crippen LogP contribution in [0.4, 0.5) is 0 Å². The fraction of sp³-hybridized carbons (Fsp3) is 0.667. The van der Waals surface area contributed by atoms with Crippen molar-refractivity contribution in [3.63, 3.8) is 0 Å². The molecule has 0 saturated carbocycles. The van der Waals surface area contributed by atoms with Crippen LogP contribution in [0.2, 0.25) is 0 Å². The minimum Gasteiger partial charge on any atom is -0.330 e. The van der Waals surface area contributed by atoms with Crippen molar-refractivity contribution in [2.45, 2.75) is 44.9 Å². The number of aryl methyl sites for hydroxylation is 1. The van der Waals surface area contributed by atoms with Crippen LogP contribution in [0.5, 0.6) is 0 Å². The summed E-state index contributed by atoms with van der Waals surface area (Å²) < 4.78 is 0. The van der Waals surface area contributed by atoms with Crippen LogP contribution in [0.15, 0.2) is 4.79 Å². The van der Waals surface area contributed by atoms with Gasteiger partial charge in [-0.3, -0.25) is 0 Å². The highest BCUT2D eigenvalue weighted by molar-refractivity contribution is 5.34. The predicted molar refractivity (Wildman–Crippen MR) is 63.7 cm³/mol. The van der Waals surface area contributed by atoms with E-state index in [-0.39, 0.29) is 5.69 Å². The molecule has 0 amide bonds. The van der Waals surface area contributed by atoms with Crippen molar-refractivity contribution in [3.8, 4) is 0 Å². The van der Waals surface area contributed by atoms with E-state index in [2.05, 4.69) is 23.8 Å². The van der Waals surface area contributed by atoms with Gasteiger partial charge in [-0.15, -0.1) is 0 Å². The Morgan fingerprint density at radius 1 is 1.56 bits per heavy atom. The second-order valence-electron chi connectivity index (χ2n) is 4.79. The topological polar surface area (TPSA) is 71.8 Å². The van der Waals surface area contributed by atoms with Gasteiger partial charge in [0.2, 0.25) is 0 Å². The summed E-state index contributed by atoms with van der Waals surface area (Å²) in [7, 11) is 0. The highest BCUT2D eigenvalue weighted by Gasteiger charge is 2.27. The molecule has 0 saturated heterocycles. The number of fused-ring (bicyclic) bond motifs is 1. The first kappa shape index (κ1) is 11.3. The first-order chi connectivity index (χ1) is 7.63. The van der Waals surface area contributed by atoms with Gasteiger partial charge in [0.1, 0.15) is 0 Å². The summed E-state index contributed by atoms with van der Waals surface area (Å²) in [5, 5.41) is 0. The third-order valence-corrected chi connectivity index (χ3v) is 3.29. The second kappa shape index (κ2) is 4.37. The summed E-state index contributed by atoms with van der Waals surface area (Å²) >= 11 is 0. The first-order valence-electron chi connectivity index (χ1n) is 5.96. The van der Waals surface area contributed by atoms with Gasteiger partial charge in [-0.2, -0.15) is 4.98 Å². The molecule has 0 spiro atoms. The summed E-state index contributed by atoms with van der Waals surface area (Å²) in [6.07, 6.45) is 3.03. The quantitative estimate of drug-likeness (QED) is 0.807. The van der Waals surface area contributed by atoms with Gasteiger partial charge in [0.25, 0.3) is 0 Å². The maximum Gasteiger partial charge on any atom is 0.345 e. The molecule has 0 aliphatic heterocycles. The fourth-order valence-electron chi connectivity index (χ4n) is 2.59. The molecule has 88 valence electrons. The van der Waals surface area contributed by atoms with Crippen LogP contribution in [0.3, 0.4) is 0 Å². The number of H-pyrrole nitrogens is 1. The van der Waals surface area contributed by atoms with Crippen molar-refractivity contribution < 1.29 is 0 Å². The van der Waals surface area contributed by atoms with Crippen LogP contribution in [0, 0.1) is 0 Å². The summed E-state index contributed by atoms with van der Waals surface area (Å²) in [5.41, 5.74) is 8.73. The molecule has 1 atom stereocenters. The molecule has 0 aromatic carbocycles. The number of nitrogens with zero attached hydrogens (tertiary/aromatic N) is 1. The molecule has 1 unspecified atom stereocenters. The van der Waals surface area contributed by atoms with Gasteiger partial charge in [-0.1, -0.05) is 13.8 Å². The van der Waals surface area contributed by atoms with Crippen LogP contribution >= 0.6 is 0 Å². The molecular formula is C12H19N3O. The number of nitrogens with two attached hydrogens (primary N) is 1. The molecule has 1 heterocycles. The number of aromatic nitrogens is 2. The van der Waals surface area contributed by atoms with E-state index in [1.807, 2.05) is 0 Å². The number of nitrogens with one attached hydrogen (secondary N) is 1. The Morgan fingerprint density at radius 3 is 2.94 bits per heavy atom. The zero-order chi connectivity index (χ0) is 11.7. The lowest BCUT2D eigenvalue weighted by Crippen LogP contribution is -2.19. The van der Waals surface area contributed by atoms with Crippen molar-refractivity contribution >= 4 is 0 Å². The van der Waals surface area contributed by atoms with E-state index < -0.39 is 0 Å². The Hall–Kier alpha value is -1.16. The highest BCUT2D eigenvalue weighted by Crippen LogP contribution is 2.37. The molecule has 1 aromatic heterocycles. The highest BCUT2D eigenvalue weighted by atomic mass is 16.1. The van der Waals surface area contributed by atoms with Gasteiger partial charge < -0.3 is 10.7 Å². The molecule has 0 fully saturated rings. The predicted octanol–water partition coefficient (Wildman–Crippen LogP) is 1.27. The normalized spacial score (nSPS) is 19.1. The Labute approximate surface area is 95.3 Å². The molecule has 1 aliphatic carbocycles. The molecule has 0 bridgehead atoms. The van der Waals surface area contributed by atoms with E-state index in [1.165, 1.54) is 5.56 Å². The van der Waals surface area contributed by atoms with Crippen molar-refractivity contribution in [2.75, 3.05) is 6.54 Å². The maximum atomic E-state index is 11.4. The average Bonchev–Trinajstić information content (AvgIpc) is 2.60. The van der Waals surface area contributed by atoms with Crippen LogP contribution < -0.4 is 11.4 Å². The van der Waals surface area contributed by atoms with Crippen LogP contribution in [0.25, 0.3) is 0 Å². The summed E-state index contributed by atoms with van der Waals surface area (Å²) in [5.74, 6) is 0.788. The lowest BCUT2D eigenvalue weighted by atomic mass is 9.93. The third-order valence-electron chi connectivity index (χ3n) is 3.29. The van der Waals surface area contributed by atoms with Crippen LogP contribution in [-0.4, -0.2) is 16.5 Å². The molecule has 0 radical (unpaired) electrons. The molecule has 16 heavy (non-hydrogen) atoms. The van der Waals surface area contributed by atoms with Crippen molar-refractivity contribution in [1.82, 2.24) is 9.97 Å². The van der Waals surface area contributed by atoms with E-state index in [4.69, 9.17) is 5.73 Å². The van der Waals surface area contributed by atoms with E-state index in [1.54, 1.807) is 0 Å².